The Kier molecular flexibility index (Phi) is 3.73. The van der Waals surface area contributed by atoms with Gasteiger partial charge in [0.15, 0.2) is 0 Å². The van der Waals surface area contributed by atoms with Gasteiger partial charge in [-0.1, -0.05) is 12.8 Å². The van der Waals surface area contributed by atoms with Gasteiger partial charge in [0.1, 0.15) is 5.41 Å². The first-order valence-electron chi connectivity index (χ1n) is 8.37. The van der Waals surface area contributed by atoms with Gasteiger partial charge >= 0.3 is 0 Å². The maximum atomic E-state index is 12.7. The minimum absolute atomic E-state index is 0.126. The molecule has 0 unspecified atom stereocenters. The molecule has 0 atom stereocenters. The quantitative estimate of drug-likeness (QED) is 0.784. The number of piperidine rings is 1. The Morgan fingerprint density at radius 3 is 2.19 bits per heavy atom. The van der Waals surface area contributed by atoms with Crippen molar-refractivity contribution in [2.24, 2.45) is 10.8 Å². The van der Waals surface area contributed by atoms with Crippen molar-refractivity contribution >= 4 is 5.91 Å². The summed E-state index contributed by atoms with van der Waals surface area (Å²) >= 11 is 0. The van der Waals surface area contributed by atoms with E-state index < -0.39 is 5.41 Å². The van der Waals surface area contributed by atoms with Crippen LogP contribution in [-0.4, -0.2) is 48.9 Å². The molecular formula is C17H27N3O. The van der Waals surface area contributed by atoms with Crippen LogP contribution in [-0.2, 0) is 4.79 Å². The minimum Gasteiger partial charge on any atom is -0.341 e. The van der Waals surface area contributed by atoms with Gasteiger partial charge in [-0.2, -0.15) is 5.26 Å². The fraction of sp³-hybridized carbons (Fsp3) is 0.882. The largest absolute Gasteiger partial charge is 0.341 e. The second kappa shape index (κ2) is 5.28. The zero-order chi connectivity index (χ0) is 15.1. The monoisotopic (exact) mass is 289 g/mol. The van der Waals surface area contributed by atoms with Crippen molar-refractivity contribution in [2.75, 3.05) is 27.2 Å². The van der Waals surface area contributed by atoms with Crippen LogP contribution in [0, 0.1) is 22.2 Å². The van der Waals surface area contributed by atoms with Gasteiger partial charge in [-0.05, 0) is 58.0 Å². The van der Waals surface area contributed by atoms with Crippen molar-refractivity contribution in [3.63, 3.8) is 0 Å². The molecule has 0 aromatic heterocycles. The summed E-state index contributed by atoms with van der Waals surface area (Å²) in [6.45, 7) is 1.73. The number of amides is 1. The van der Waals surface area contributed by atoms with E-state index in [4.69, 9.17) is 0 Å². The fourth-order valence-corrected chi connectivity index (χ4v) is 4.55. The van der Waals surface area contributed by atoms with E-state index in [1.54, 1.807) is 0 Å². The molecule has 0 aromatic carbocycles. The van der Waals surface area contributed by atoms with Crippen LogP contribution in [0.25, 0.3) is 0 Å². The van der Waals surface area contributed by atoms with Crippen LogP contribution in [0.4, 0.5) is 0 Å². The van der Waals surface area contributed by atoms with Crippen LogP contribution in [0.1, 0.15) is 51.4 Å². The highest BCUT2D eigenvalue weighted by atomic mass is 16.2. The molecule has 1 amide bonds. The third-order valence-corrected chi connectivity index (χ3v) is 6.26. The normalized spacial score (nSPS) is 27.6. The lowest BCUT2D eigenvalue weighted by Crippen LogP contribution is -2.55. The van der Waals surface area contributed by atoms with Gasteiger partial charge in [-0.15, -0.1) is 0 Å². The Morgan fingerprint density at radius 2 is 1.71 bits per heavy atom. The molecule has 4 nitrogen and oxygen atoms in total. The number of rotatable bonds is 2. The maximum Gasteiger partial charge on any atom is 0.243 e. The predicted octanol–water partition coefficient (Wildman–Crippen LogP) is 2.40. The summed E-state index contributed by atoms with van der Waals surface area (Å²) in [6, 6.07) is 3.08. The van der Waals surface area contributed by atoms with Crippen molar-refractivity contribution in [2.45, 2.75) is 57.4 Å². The fourth-order valence-electron chi connectivity index (χ4n) is 4.55. The zero-order valence-corrected chi connectivity index (χ0v) is 13.4. The van der Waals surface area contributed by atoms with Gasteiger partial charge in [-0.3, -0.25) is 4.79 Å². The molecule has 3 rings (SSSR count). The first-order chi connectivity index (χ1) is 10.0. The SMILES string of the molecule is CN(C)C1CC2(CCN(C(=O)C3(C#N)CCCC3)CC2)C1. The van der Waals surface area contributed by atoms with Gasteiger partial charge in [0, 0.05) is 19.1 Å². The van der Waals surface area contributed by atoms with Crippen molar-refractivity contribution < 1.29 is 4.79 Å². The van der Waals surface area contributed by atoms with Gasteiger partial charge in [-0.25, -0.2) is 0 Å². The molecule has 3 fully saturated rings. The Bertz CT molecular complexity index is 443. The number of carbonyl (C=O) groups is 1. The molecular weight excluding hydrogens is 262 g/mol. The molecule has 0 radical (unpaired) electrons. The lowest BCUT2D eigenvalue weighted by atomic mass is 9.60. The van der Waals surface area contributed by atoms with Crippen molar-refractivity contribution in [1.82, 2.24) is 9.80 Å². The minimum atomic E-state index is -0.684. The topological polar surface area (TPSA) is 47.3 Å². The zero-order valence-electron chi connectivity index (χ0n) is 13.4. The summed E-state index contributed by atoms with van der Waals surface area (Å²) in [5.41, 5.74) is -0.197. The molecule has 1 heterocycles. The van der Waals surface area contributed by atoms with Gasteiger partial charge < -0.3 is 9.80 Å². The van der Waals surface area contributed by atoms with Gasteiger partial charge in [0.2, 0.25) is 5.91 Å². The van der Waals surface area contributed by atoms with Crippen LogP contribution in [0.3, 0.4) is 0 Å². The van der Waals surface area contributed by atoms with E-state index in [2.05, 4.69) is 25.1 Å². The van der Waals surface area contributed by atoms with E-state index in [1.165, 1.54) is 12.8 Å². The van der Waals surface area contributed by atoms with E-state index in [0.717, 1.165) is 57.7 Å². The molecule has 1 aliphatic heterocycles. The second-order valence-corrected chi connectivity index (χ2v) is 7.72. The predicted molar refractivity (Wildman–Crippen MR) is 81.5 cm³/mol. The summed E-state index contributed by atoms with van der Waals surface area (Å²) < 4.78 is 0. The number of carbonyl (C=O) groups excluding carboxylic acids is 1. The van der Waals surface area contributed by atoms with Crippen LogP contribution in [0.15, 0.2) is 0 Å². The molecule has 1 saturated heterocycles. The third kappa shape index (κ3) is 2.46. The molecule has 0 aromatic rings. The molecule has 21 heavy (non-hydrogen) atoms. The summed E-state index contributed by atoms with van der Waals surface area (Å²) in [6.07, 6.45) is 8.43. The Labute approximate surface area is 128 Å². The molecule has 4 heteroatoms. The molecule has 3 aliphatic rings. The number of hydrogen-bond acceptors (Lipinski definition) is 3. The van der Waals surface area contributed by atoms with E-state index in [0.29, 0.717) is 5.41 Å². The number of likely N-dealkylation sites (tertiary alicyclic amines) is 1. The van der Waals surface area contributed by atoms with Crippen LogP contribution in [0.2, 0.25) is 0 Å². The highest BCUT2D eigenvalue weighted by Gasteiger charge is 2.50. The molecule has 2 saturated carbocycles. The van der Waals surface area contributed by atoms with Crippen molar-refractivity contribution in [3.8, 4) is 6.07 Å². The van der Waals surface area contributed by atoms with Crippen molar-refractivity contribution in [3.05, 3.63) is 0 Å². The molecule has 0 N–H and O–H groups in total. The van der Waals surface area contributed by atoms with Crippen molar-refractivity contribution in [1.29, 1.82) is 5.26 Å². The number of nitrogens with zero attached hydrogens (tertiary/aromatic N) is 3. The van der Waals surface area contributed by atoms with Crippen LogP contribution in [0.5, 0.6) is 0 Å². The van der Waals surface area contributed by atoms with Crippen LogP contribution < -0.4 is 0 Å². The Hall–Kier alpha value is -1.08. The first-order valence-corrected chi connectivity index (χ1v) is 8.37. The molecule has 2 aliphatic carbocycles. The lowest BCUT2D eigenvalue weighted by molar-refractivity contribution is -0.143. The Balaban J connectivity index is 1.57. The summed E-state index contributed by atoms with van der Waals surface area (Å²) in [5, 5.41) is 9.47. The summed E-state index contributed by atoms with van der Waals surface area (Å²) in [7, 11) is 4.32. The Morgan fingerprint density at radius 1 is 1.14 bits per heavy atom. The smallest absolute Gasteiger partial charge is 0.243 e. The average molecular weight is 289 g/mol. The molecule has 116 valence electrons. The summed E-state index contributed by atoms with van der Waals surface area (Å²) in [4.78, 5) is 17.1. The molecule has 0 bridgehead atoms. The van der Waals surface area contributed by atoms with E-state index in [1.807, 2.05) is 4.90 Å². The second-order valence-electron chi connectivity index (χ2n) is 7.72. The number of nitriles is 1. The standard InChI is InChI=1S/C17H27N3O/c1-19(2)14-11-16(12-14)7-9-20(10-8-16)15(21)17(13-18)5-3-4-6-17/h14H,3-12H2,1-2H3. The lowest BCUT2D eigenvalue weighted by Gasteiger charge is -2.54. The van der Waals surface area contributed by atoms with Crippen LogP contribution >= 0.6 is 0 Å². The van der Waals surface area contributed by atoms with E-state index in [-0.39, 0.29) is 5.91 Å². The molecule has 1 spiro atoms. The average Bonchev–Trinajstić information content (AvgIpc) is 2.94. The van der Waals surface area contributed by atoms with Gasteiger partial charge in [0.05, 0.1) is 6.07 Å². The first kappa shape index (κ1) is 14.8. The third-order valence-electron chi connectivity index (χ3n) is 6.26. The van der Waals surface area contributed by atoms with Gasteiger partial charge in [0.25, 0.3) is 0 Å². The van der Waals surface area contributed by atoms with E-state index in [9.17, 15) is 10.1 Å². The maximum absolute atomic E-state index is 12.7. The number of hydrogen-bond donors (Lipinski definition) is 0. The van der Waals surface area contributed by atoms with E-state index >= 15 is 0 Å². The highest BCUT2D eigenvalue weighted by Crippen LogP contribution is 2.51. The highest BCUT2D eigenvalue weighted by molar-refractivity contribution is 5.86. The summed E-state index contributed by atoms with van der Waals surface area (Å²) in [5.74, 6) is 0.126.